The molecule has 0 aliphatic carbocycles. The average molecular weight is 1090 g/mol. The molecule has 0 saturated carbocycles. The summed E-state index contributed by atoms with van der Waals surface area (Å²) < 4.78 is 30.3. The van der Waals surface area contributed by atoms with E-state index in [0.29, 0.717) is 23.9 Å². The van der Waals surface area contributed by atoms with Crippen LogP contribution >= 0.6 is 7.82 Å². The highest BCUT2D eigenvalue weighted by Gasteiger charge is 2.27. The Bertz CT molecular complexity index is 1530. The largest absolute Gasteiger partial charge is 0.756 e. The van der Waals surface area contributed by atoms with Gasteiger partial charge in [-0.3, -0.25) is 14.2 Å². The minimum Gasteiger partial charge on any atom is -0.756 e. The number of esters is 1. The topological polar surface area (TPSA) is 114 Å². The number of amides is 1. The molecule has 0 aliphatic rings. The third-order valence-electron chi connectivity index (χ3n) is 13.9. The second kappa shape index (κ2) is 55.8. The van der Waals surface area contributed by atoms with Crippen molar-refractivity contribution >= 4 is 19.7 Å². The van der Waals surface area contributed by atoms with E-state index in [-0.39, 0.29) is 24.9 Å². The maximum absolute atomic E-state index is 13.5. The van der Waals surface area contributed by atoms with E-state index in [2.05, 4.69) is 86.8 Å². The Hall–Kier alpha value is -2.55. The van der Waals surface area contributed by atoms with Crippen LogP contribution in [0.3, 0.4) is 0 Å². The van der Waals surface area contributed by atoms with Crippen LogP contribution < -0.4 is 10.2 Å². The summed E-state index contributed by atoms with van der Waals surface area (Å²) in [6.07, 6.45) is 71.4. The van der Waals surface area contributed by atoms with Crippen molar-refractivity contribution in [3.05, 3.63) is 72.9 Å². The molecule has 76 heavy (non-hydrogen) atoms. The normalized spacial score (nSPS) is 14.1. The Balaban J connectivity index is 5.32. The van der Waals surface area contributed by atoms with Gasteiger partial charge in [0.15, 0.2) is 0 Å². The van der Waals surface area contributed by atoms with Gasteiger partial charge in [-0.25, -0.2) is 0 Å². The molecule has 1 N–H and O–H groups in total. The van der Waals surface area contributed by atoms with Crippen LogP contribution in [0, 0.1) is 0 Å². The number of nitrogens with one attached hydrogen (secondary N) is 1. The molecule has 0 fully saturated rings. The SMILES string of the molecule is CCCCC/C=C\C/C=C\C/C=C\C/C=C\CCCCCCCC(=O)OC(/C=C/CCCCCCCCCCCCC)C(COP(=O)([O-])OCC[N+](C)(C)C)NC(=O)CCCCCCC/C=C/CCCCCCCCC. The van der Waals surface area contributed by atoms with Crippen LogP contribution in [0.4, 0.5) is 0 Å². The Kier molecular flexibility index (Phi) is 53.9. The highest BCUT2D eigenvalue weighted by molar-refractivity contribution is 7.45. The Morgan fingerprint density at radius 2 is 0.803 bits per heavy atom. The van der Waals surface area contributed by atoms with Crippen molar-refractivity contribution in [3.63, 3.8) is 0 Å². The minimum atomic E-state index is -4.71. The average Bonchev–Trinajstić information content (AvgIpc) is 3.38. The summed E-state index contributed by atoms with van der Waals surface area (Å²) in [5.74, 6) is -0.568. The molecule has 1 amide bonds. The van der Waals surface area contributed by atoms with E-state index >= 15 is 0 Å². The molecule has 0 aromatic rings. The Morgan fingerprint density at radius 3 is 1.24 bits per heavy atom. The first kappa shape index (κ1) is 73.5. The molecule has 0 bridgehead atoms. The van der Waals surface area contributed by atoms with Crippen LogP contribution in [-0.2, 0) is 27.9 Å². The fraction of sp³-hybridized carbons (Fsp3) is 0.788. The summed E-state index contributed by atoms with van der Waals surface area (Å²) in [4.78, 5) is 40.0. The number of carbonyl (C=O) groups excluding carboxylic acids is 2. The number of allylic oxidation sites excluding steroid dienone is 11. The molecule has 3 atom stereocenters. The number of unbranched alkanes of at least 4 members (excludes halogenated alkanes) is 31. The van der Waals surface area contributed by atoms with E-state index in [1.807, 2.05) is 33.3 Å². The maximum atomic E-state index is 13.5. The number of carbonyl (C=O) groups is 2. The predicted molar refractivity (Wildman–Crippen MR) is 325 cm³/mol. The lowest BCUT2D eigenvalue weighted by atomic mass is 10.0. The minimum absolute atomic E-state index is 0.0291. The Labute approximate surface area is 470 Å². The van der Waals surface area contributed by atoms with Crippen molar-refractivity contribution in [2.24, 2.45) is 0 Å². The standard InChI is InChI=1S/C66H121N2O7P/c1-7-10-13-16-19-22-25-28-30-32-33-34-35-36-38-41-44-47-50-53-56-59-66(70)75-64(57-54-51-48-45-42-39-27-24-21-18-15-12-9-3)63(62-74-76(71,72)73-61-60-68(4,5)6)67-65(69)58-55-52-49-46-43-40-37-31-29-26-23-20-17-14-11-8-2/h19,22,28,30-31,33-34,36-38,54,57,63-64H,7-18,20-21,23-27,29,32,35,39-53,55-56,58-62H2,1-6H3,(H-,67,69,71,72)/b22-19-,30-28-,34-33-,37-31+,38-36-,57-54+. The van der Waals surface area contributed by atoms with Gasteiger partial charge < -0.3 is 28.5 Å². The van der Waals surface area contributed by atoms with Crippen LogP contribution in [0.5, 0.6) is 0 Å². The second-order valence-electron chi connectivity index (χ2n) is 22.6. The predicted octanol–water partition coefficient (Wildman–Crippen LogP) is 19.0. The van der Waals surface area contributed by atoms with Gasteiger partial charge in [-0.1, -0.05) is 242 Å². The van der Waals surface area contributed by atoms with Crippen molar-refractivity contribution < 1.29 is 37.3 Å². The highest BCUT2D eigenvalue weighted by Crippen LogP contribution is 2.38. The van der Waals surface area contributed by atoms with E-state index in [4.69, 9.17) is 13.8 Å². The van der Waals surface area contributed by atoms with E-state index in [1.54, 1.807) is 0 Å². The molecule has 0 aromatic carbocycles. The van der Waals surface area contributed by atoms with Crippen LogP contribution in [0.2, 0.25) is 0 Å². The molecule has 0 aromatic heterocycles. The molecular weight excluding hydrogens is 964 g/mol. The number of nitrogens with zero attached hydrogens (tertiary/aromatic N) is 1. The van der Waals surface area contributed by atoms with Gasteiger partial charge in [0.1, 0.15) is 19.3 Å². The number of phosphoric ester groups is 1. The lowest BCUT2D eigenvalue weighted by Crippen LogP contribution is -2.47. The number of hydrogen-bond acceptors (Lipinski definition) is 7. The summed E-state index contributed by atoms with van der Waals surface area (Å²) in [7, 11) is 1.17. The number of hydrogen-bond donors (Lipinski definition) is 1. The summed E-state index contributed by atoms with van der Waals surface area (Å²) in [5.41, 5.74) is 0. The van der Waals surface area contributed by atoms with Crippen molar-refractivity contribution in [2.45, 2.75) is 296 Å². The van der Waals surface area contributed by atoms with E-state index in [9.17, 15) is 19.0 Å². The molecule has 0 rings (SSSR count). The summed E-state index contributed by atoms with van der Waals surface area (Å²) in [5, 5.41) is 3.02. The van der Waals surface area contributed by atoms with Gasteiger partial charge in [-0.2, -0.15) is 0 Å². The molecule has 0 aliphatic heterocycles. The van der Waals surface area contributed by atoms with Gasteiger partial charge in [-0.05, 0) is 102 Å². The summed E-state index contributed by atoms with van der Waals surface area (Å²) in [6, 6.07) is -0.903. The molecule has 9 nitrogen and oxygen atoms in total. The van der Waals surface area contributed by atoms with Crippen LogP contribution in [-0.4, -0.2) is 69.4 Å². The van der Waals surface area contributed by atoms with Crippen LogP contribution in [0.1, 0.15) is 284 Å². The monoisotopic (exact) mass is 1080 g/mol. The zero-order valence-electron chi connectivity index (χ0n) is 50.4. The van der Waals surface area contributed by atoms with Gasteiger partial charge in [0, 0.05) is 12.8 Å². The van der Waals surface area contributed by atoms with Gasteiger partial charge in [0.2, 0.25) is 5.91 Å². The number of rotatable bonds is 57. The van der Waals surface area contributed by atoms with Gasteiger partial charge >= 0.3 is 5.97 Å². The molecule has 442 valence electrons. The third kappa shape index (κ3) is 56.2. The van der Waals surface area contributed by atoms with E-state index in [1.165, 1.54) is 135 Å². The maximum Gasteiger partial charge on any atom is 0.306 e. The summed E-state index contributed by atoms with van der Waals surface area (Å²) >= 11 is 0. The molecular formula is C66H121N2O7P. The lowest BCUT2D eigenvalue weighted by molar-refractivity contribution is -0.870. The van der Waals surface area contributed by atoms with Gasteiger partial charge in [-0.15, -0.1) is 0 Å². The molecule has 3 unspecified atom stereocenters. The van der Waals surface area contributed by atoms with Crippen molar-refractivity contribution in [1.29, 1.82) is 0 Å². The molecule has 0 radical (unpaired) electrons. The summed E-state index contributed by atoms with van der Waals surface area (Å²) in [6.45, 7) is 6.81. The number of quaternary nitrogens is 1. The number of phosphoric acid groups is 1. The first-order valence-corrected chi connectivity index (χ1v) is 33.2. The van der Waals surface area contributed by atoms with Crippen molar-refractivity contribution in [2.75, 3.05) is 40.9 Å². The zero-order valence-corrected chi connectivity index (χ0v) is 51.3. The first-order chi connectivity index (χ1) is 36.9. The van der Waals surface area contributed by atoms with E-state index < -0.39 is 26.6 Å². The second-order valence-corrected chi connectivity index (χ2v) is 24.0. The van der Waals surface area contributed by atoms with Gasteiger partial charge in [0.25, 0.3) is 7.82 Å². The number of likely N-dealkylation sites (N-methyl/N-ethyl adjacent to an activating group) is 1. The van der Waals surface area contributed by atoms with Crippen LogP contribution in [0.25, 0.3) is 0 Å². The molecule has 0 heterocycles. The lowest BCUT2D eigenvalue weighted by Gasteiger charge is -2.30. The smallest absolute Gasteiger partial charge is 0.306 e. The quantitative estimate of drug-likeness (QED) is 0.0212. The molecule has 0 saturated heterocycles. The van der Waals surface area contributed by atoms with Gasteiger partial charge in [0.05, 0.1) is 33.8 Å². The highest BCUT2D eigenvalue weighted by atomic mass is 31.2. The van der Waals surface area contributed by atoms with Crippen molar-refractivity contribution in [1.82, 2.24) is 5.32 Å². The zero-order chi connectivity index (χ0) is 55.7. The fourth-order valence-electron chi connectivity index (χ4n) is 8.91. The first-order valence-electron chi connectivity index (χ1n) is 31.7. The fourth-order valence-corrected chi connectivity index (χ4v) is 9.63. The molecule has 10 heteroatoms. The Morgan fingerprint density at radius 1 is 0.461 bits per heavy atom. The number of ether oxygens (including phenoxy) is 1. The van der Waals surface area contributed by atoms with Crippen LogP contribution in [0.15, 0.2) is 72.9 Å². The van der Waals surface area contributed by atoms with E-state index in [0.717, 1.165) is 109 Å². The molecule has 0 spiro atoms. The van der Waals surface area contributed by atoms with Crippen molar-refractivity contribution in [3.8, 4) is 0 Å². The third-order valence-corrected chi connectivity index (χ3v) is 14.8.